The van der Waals surface area contributed by atoms with Crippen LogP contribution in [-0.4, -0.2) is 22.8 Å². The molecule has 0 atom stereocenters. The molecule has 1 aromatic heterocycles. The van der Waals surface area contributed by atoms with Crippen LogP contribution in [0.1, 0.15) is 16.1 Å². The summed E-state index contributed by atoms with van der Waals surface area (Å²) in [6.45, 7) is 0.477. The molecule has 0 unspecified atom stereocenters. The lowest BCUT2D eigenvalue weighted by Crippen LogP contribution is -2.26. The zero-order valence-electron chi connectivity index (χ0n) is 10.3. The van der Waals surface area contributed by atoms with Crippen LogP contribution in [0.25, 0.3) is 0 Å². The molecule has 0 fully saturated rings. The highest BCUT2D eigenvalue weighted by Crippen LogP contribution is 2.12. The van der Waals surface area contributed by atoms with E-state index in [0.29, 0.717) is 6.54 Å². The Kier molecular flexibility index (Phi) is 4.27. The van der Waals surface area contributed by atoms with Gasteiger partial charge < -0.3 is 4.90 Å². The molecule has 0 saturated carbocycles. The highest BCUT2D eigenvalue weighted by Gasteiger charge is 2.13. The molecule has 2 aromatic rings. The van der Waals surface area contributed by atoms with Crippen molar-refractivity contribution in [3.63, 3.8) is 0 Å². The van der Waals surface area contributed by atoms with Gasteiger partial charge in [0.25, 0.3) is 5.91 Å². The van der Waals surface area contributed by atoms with Crippen LogP contribution in [0.15, 0.2) is 47.1 Å². The van der Waals surface area contributed by atoms with Crippen molar-refractivity contribution in [2.75, 3.05) is 7.05 Å². The molecular formula is C14H12BrFN2O. The molecule has 0 radical (unpaired) electrons. The lowest BCUT2D eigenvalue weighted by Gasteiger charge is -2.16. The van der Waals surface area contributed by atoms with Crippen LogP contribution >= 0.6 is 15.9 Å². The Bertz CT molecular complexity index is 569. The third-order valence-electron chi connectivity index (χ3n) is 2.63. The van der Waals surface area contributed by atoms with Crippen molar-refractivity contribution in [1.82, 2.24) is 9.88 Å². The van der Waals surface area contributed by atoms with Gasteiger partial charge in [0.05, 0.1) is 6.20 Å². The Morgan fingerprint density at radius 1 is 1.26 bits per heavy atom. The predicted octanol–water partition coefficient (Wildman–Crippen LogP) is 3.26. The first-order valence-electron chi connectivity index (χ1n) is 5.68. The fourth-order valence-electron chi connectivity index (χ4n) is 1.63. The number of pyridine rings is 1. The Hall–Kier alpha value is -1.75. The first kappa shape index (κ1) is 13.7. The molecule has 0 aliphatic heterocycles. The standard InChI is InChI=1S/C14H12BrFN2O/c1-18(9-10-2-4-11(15)5-3-10)14(19)13-7-6-12(16)8-17-13/h2-8H,9H2,1H3. The Morgan fingerprint density at radius 3 is 2.53 bits per heavy atom. The molecule has 2 rings (SSSR count). The number of hydrogen-bond acceptors (Lipinski definition) is 2. The average molecular weight is 323 g/mol. The monoisotopic (exact) mass is 322 g/mol. The quantitative estimate of drug-likeness (QED) is 0.869. The van der Waals surface area contributed by atoms with Crippen LogP contribution in [0.3, 0.4) is 0 Å². The summed E-state index contributed by atoms with van der Waals surface area (Å²) in [5.74, 6) is -0.685. The van der Waals surface area contributed by atoms with Gasteiger partial charge in [0.15, 0.2) is 0 Å². The fourth-order valence-corrected chi connectivity index (χ4v) is 1.90. The Balaban J connectivity index is 2.07. The maximum atomic E-state index is 12.7. The van der Waals surface area contributed by atoms with E-state index in [2.05, 4.69) is 20.9 Å². The van der Waals surface area contributed by atoms with Crippen molar-refractivity contribution >= 4 is 21.8 Å². The van der Waals surface area contributed by atoms with Gasteiger partial charge in [0.1, 0.15) is 11.5 Å². The van der Waals surface area contributed by atoms with Crippen molar-refractivity contribution < 1.29 is 9.18 Å². The minimum atomic E-state index is -0.452. The van der Waals surface area contributed by atoms with Gasteiger partial charge in [-0.2, -0.15) is 0 Å². The number of rotatable bonds is 3. The molecule has 19 heavy (non-hydrogen) atoms. The molecule has 98 valence electrons. The van der Waals surface area contributed by atoms with Crippen molar-refractivity contribution in [3.05, 3.63) is 64.1 Å². The van der Waals surface area contributed by atoms with Gasteiger partial charge in [0, 0.05) is 18.1 Å². The van der Waals surface area contributed by atoms with E-state index in [9.17, 15) is 9.18 Å². The number of halogens is 2. The third-order valence-corrected chi connectivity index (χ3v) is 3.15. The predicted molar refractivity (Wildman–Crippen MR) is 74.1 cm³/mol. The van der Waals surface area contributed by atoms with E-state index in [-0.39, 0.29) is 11.6 Å². The highest BCUT2D eigenvalue weighted by atomic mass is 79.9. The topological polar surface area (TPSA) is 33.2 Å². The molecule has 0 aliphatic rings. The zero-order chi connectivity index (χ0) is 13.8. The summed E-state index contributed by atoms with van der Waals surface area (Å²) in [5, 5.41) is 0. The molecule has 1 aromatic carbocycles. The Labute approximate surface area is 119 Å². The van der Waals surface area contributed by atoms with E-state index >= 15 is 0 Å². The van der Waals surface area contributed by atoms with E-state index < -0.39 is 5.82 Å². The summed E-state index contributed by atoms with van der Waals surface area (Å²) in [6, 6.07) is 10.3. The van der Waals surface area contributed by atoms with E-state index in [1.54, 1.807) is 11.9 Å². The minimum Gasteiger partial charge on any atom is -0.336 e. The van der Waals surface area contributed by atoms with Crippen LogP contribution in [0, 0.1) is 5.82 Å². The molecule has 0 saturated heterocycles. The number of nitrogens with zero attached hydrogens (tertiary/aromatic N) is 2. The lowest BCUT2D eigenvalue weighted by molar-refractivity contribution is 0.0779. The summed E-state index contributed by atoms with van der Waals surface area (Å²) in [6.07, 6.45) is 1.04. The average Bonchev–Trinajstić information content (AvgIpc) is 2.41. The number of carbonyl (C=O) groups excluding carboxylic acids is 1. The van der Waals surface area contributed by atoms with Crippen LogP contribution in [0.5, 0.6) is 0 Å². The molecule has 3 nitrogen and oxygen atoms in total. The van der Waals surface area contributed by atoms with Crippen molar-refractivity contribution in [2.24, 2.45) is 0 Å². The number of amides is 1. The van der Waals surface area contributed by atoms with E-state index in [1.165, 1.54) is 12.1 Å². The second-order valence-electron chi connectivity index (χ2n) is 4.15. The summed E-state index contributed by atoms with van der Waals surface area (Å²) >= 11 is 3.36. The molecule has 0 aliphatic carbocycles. The number of carbonyl (C=O) groups is 1. The summed E-state index contributed by atoms with van der Waals surface area (Å²) < 4.78 is 13.7. The minimum absolute atomic E-state index is 0.233. The number of benzene rings is 1. The fraction of sp³-hybridized carbons (Fsp3) is 0.143. The first-order chi connectivity index (χ1) is 9.06. The maximum absolute atomic E-state index is 12.7. The Morgan fingerprint density at radius 2 is 1.95 bits per heavy atom. The smallest absolute Gasteiger partial charge is 0.272 e. The van der Waals surface area contributed by atoms with Crippen molar-refractivity contribution in [3.8, 4) is 0 Å². The van der Waals surface area contributed by atoms with Crippen molar-refractivity contribution in [2.45, 2.75) is 6.54 Å². The molecular weight excluding hydrogens is 311 g/mol. The SMILES string of the molecule is CN(Cc1ccc(Br)cc1)C(=O)c1ccc(F)cn1. The van der Waals surface area contributed by atoms with Gasteiger partial charge >= 0.3 is 0 Å². The maximum Gasteiger partial charge on any atom is 0.272 e. The van der Waals surface area contributed by atoms with Gasteiger partial charge in [-0.25, -0.2) is 9.37 Å². The van der Waals surface area contributed by atoms with Gasteiger partial charge in [-0.05, 0) is 29.8 Å². The van der Waals surface area contributed by atoms with Gasteiger partial charge in [-0.1, -0.05) is 28.1 Å². The summed E-state index contributed by atoms with van der Waals surface area (Å²) in [7, 11) is 1.69. The molecule has 0 N–H and O–H groups in total. The highest BCUT2D eigenvalue weighted by molar-refractivity contribution is 9.10. The van der Waals surface area contributed by atoms with Crippen molar-refractivity contribution in [1.29, 1.82) is 0 Å². The molecule has 0 bridgehead atoms. The van der Waals surface area contributed by atoms with Crippen LogP contribution in [-0.2, 0) is 6.54 Å². The van der Waals surface area contributed by atoms with Crippen LogP contribution in [0.4, 0.5) is 4.39 Å². The first-order valence-corrected chi connectivity index (χ1v) is 6.47. The second-order valence-corrected chi connectivity index (χ2v) is 5.07. The van der Waals surface area contributed by atoms with Gasteiger partial charge in [0.2, 0.25) is 0 Å². The van der Waals surface area contributed by atoms with E-state index in [0.717, 1.165) is 16.2 Å². The third kappa shape index (κ3) is 3.61. The zero-order valence-corrected chi connectivity index (χ0v) is 11.9. The second kappa shape index (κ2) is 5.93. The summed E-state index contributed by atoms with van der Waals surface area (Å²) in [5.41, 5.74) is 1.25. The molecule has 5 heteroatoms. The molecule has 1 heterocycles. The largest absolute Gasteiger partial charge is 0.336 e. The summed E-state index contributed by atoms with van der Waals surface area (Å²) in [4.78, 5) is 17.4. The lowest BCUT2D eigenvalue weighted by atomic mass is 10.2. The van der Waals surface area contributed by atoms with Gasteiger partial charge in [-0.15, -0.1) is 0 Å². The van der Waals surface area contributed by atoms with Gasteiger partial charge in [-0.3, -0.25) is 4.79 Å². The number of hydrogen-bond donors (Lipinski definition) is 0. The van der Waals surface area contributed by atoms with Crippen LogP contribution < -0.4 is 0 Å². The van der Waals surface area contributed by atoms with Crippen LogP contribution in [0.2, 0.25) is 0 Å². The van der Waals surface area contributed by atoms with E-state index in [1.807, 2.05) is 24.3 Å². The number of aromatic nitrogens is 1. The van der Waals surface area contributed by atoms with E-state index in [4.69, 9.17) is 0 Å². The molecule has 1 amide bonds. The normalized spacial score (nSPS) is 10.3. The molecule has 0 spiro atoms.